The Hall–Kier alpha value is -1.76. The minimum absolute atomic E-state index is 0.0289. The first kappa shape index (κ1) is 15.6. The summed E-state index contributed by atoms with van der Waals surface area (Å²) in [4.78, 5) is 12.0. The van der Waals surface area contributed by atoms with Gasteiger partial charge in [-0.15, -0.1) is 0 Å². The number of carbonyl (C=O) groups excluding carboxylic acids is 1. The number of halogens is 3. The van der Waals surface area contributed by atoms with E-state index in [1.165, 1.54) is 6.07 Å². The van der Waals surface area contributed by atoms with E-state index in [-0.39, 0.29) is 17.7 Å². The van der Waals surface area contributed by atoms with Crippen molar-refractivity contribution < 1.29 is 22.7 Å². The molecule has 1 aromatic rings. The van der Waals surface area contributed by atoms with Crippen LogP contribution in [0.15, 0.2) is 18.2 Å². The number of benzene rings is 1. The van der Waals surface area contributed by atoms with Gasteiger partial charge in [0, 0.05) is 23.9 Å². The van der Waals surface area contributed by atoms with Gasteiger partial charge in [-0.2, -0.15) is 13.2 Å². The molecule has 2 rings (SSSR count). The molecular weight excluding hydrogens is 285 g/mol. The molecule has 1 aromatic carbocycles. The Labute approximate surface area is 120 Å². The number of ether oxygens (including phenoxy) is 1. The van der Waals surface area contributed by atoms with Crippen LogP contribution in [-0.2, 0) is 10.9 Å². The molecule has 1 aliphatic rings. The van der Waals surface area contributed by atoms with Crippen LogP contribution in [0.1, 0.15) is 35.7 Å². The Morgan fingerprint density at radius 3 is 2.76 bits per heavy atom. The number of carbonyl (C=O) groups is 1. The highest BCUT2D eigenvalue weighted by atomic mass is 19.4. The maximum Gasteiger partial charge on any atom is 0.418 e. The Balaban J connectivity index is 2.12. The third kappa shape index (κ3) is 3.87. The van der Waals surface area contributed by atoms with Crippen molar-refractivity contribution in [2.24, 2.45) is 0 Å². The second-order valence-electron chi connectivity index (χ2n) is 5.18. The van der Waals surface area contributed by atoms with Crippen molar-refractivity contribution in [2.45, 2.75) is 38.1 Å². The summed E-state index contributed by atoms with van der Waals surface area (Å²) in [7, 11) is 0. The lowest BCUT2D eigenvalue weighted by Crippen LogP contribution is -2.41. The number of nitrogens with two attached hydrogens (primary N) is 1. The van der Waals surface area contributed by atoms with Crippen LogP contribution in [-0.4, -0.2) is 24.7 Å². The first-order valence-corrected chi connectivity index (χ1v) is 6.66. The number of nitrogen functional groups attached to an aromatic ring is 1. The minimum atomic E-state index is -4.58. The summed E-state index contributed by atoms with van der Waals surface area (Å²) in [6.45, 7) is 2.42. The normalized spacial score (nSPS) is 22.9. The first-order chi connectivity index (χ1) is 9.77. The van der Waals surface area contributed by atoms with Crippen LogP contribution in [0.25, 0.3) is 0 Å². The van der Waals surface area contributed by atoms with Crippen LogP contribution in [0, 0.1) is 0 Å². The molecule has 1 amide bonds. The molecule has 0 bridgehead atoms. The molecule has 0 aliphatic carbocycles. The zero-order valence-electron chi connectivity index (χ0n) is 11.5. The molecule has 2 atom stereocenters. The van der Waals surface area contributed by atoms with Crippen molar-refractivity contribution in [3.8, 4) is 0 Å². The van der Waals surface area contributed by atoms with E-state index in [1.807, 2.05) is 6.92 Å². The van der Waals surface area contributed by atoms with Crippen LogP contribution in [0.5, 0.6) is 0 Å². The molecule has 2 unspecified atom stereocenters. The van der Waals surface area contributed by atoms with E-state index in [0.717, 1.165) is 12.1 Å². The molecule has 0 aromatic heterocycles. The van der Waals surface area contributed by atoms with Crippen molar-refractivity contribution in [3.63, 3.8) is 0 Å². The fourth-order valence-corrected chi connectivity index (χ4v) is 2.34. The topological polar surface area (TPSA) is 64.4 Å². The van der Waals surface area contributed by atoms with Gasteiger partial charge in [0.15, 0.2) is 0 Å². The fraction of sp³-hybridized carbons (Fsp3) is 0.500. The molecule has 7 heteroatoms. The molecule has 1 heterocycles. The van der Waals surface area contributed by atoms with Gasteiger partial charge in [0.25, 0.3) is 5.91 Å². The zero-order chi connectivity index (χ0) is 15.6. The van der Waals surface area contributed by atoms with Crippen LogP contribution in [0.4, 0.5) is 18.9 Å². The Morgan fingerprint density at radius 1 is 1.43 bits per heavy atom. The third-order valence-corrected chi connectivity index (χ3v) is 3.44. The standard InChI is InChI=1S/C14H17F3N2O2/c1-8-6-10(4-5-21-8)19-13(20)9-2-3-12(18)11(7-9)14(15,16)17/h2-3,7-8,10H,4-6,18H2,1H3,(H,19,20). The highest BCUT2D eigenvalue weighted by molar-refractivity contribution is 5.95. The number of alkyl halides is 3. The molecule has 1 fully saturated rings. The summed E-state index contributed by atoms with van der Waals surface area (Å²) in [5.74, 6) is -0.528. The lowest BCUT2D eigenvalue weighted by Gasteiger charge is -2.28. The number of anilines is 1. The molecule has 0 spiro atoms. The van der Waals surface area contributed by atoms with Crippen LogP contribution in [0.2, 0.25) is 0 Å². The third-order valence-electron chi connectivity index (χ3n) is 3.44. The lowest BCUT2D eigenvalue weighted by molar-refractivity contribution is -0.136. The van der Waals surface area contributed by atoms with Crippen LogP contribution in [0.3, 0.4) is 0 Å². The number of amides is 1. The van der Waals surface area contributed by atoms with Crippen molar-refractivity contribution in [1.29, 1.82) is 0 Å². The van der Waals surface area contributed by atoms with Gasteiger partial charge in [-0.05, 0) is 38.0 Å². The van der Waals surface area contributed by atoms with Gasteiger partial charge in [-0.1, -0.05) is 0 Å². The SMILES string of the molecule is CC1CC(NC(=O)c2ccc(N)c(C(F)(F)F)c2)CCO1. The molecule has 0 saturated carbocycles. The summed E-state index contributed by atoms with van der Waals surface area (Å²) in [5.41, 5.74) is 3.88. The van der Waals surface area contributed by atoms with Gasteiger partial charge in [-0.3, -0.25) is 4.79 Å². The molecule has 0 radical (unpaired) electrons. The molecule has 3 N–H and O–H groups in total. The van der Waals surface area contributed by atoms with E-state index >= 15 is 0 Å². The van der Waals surface area contributed by atoms with Crippen molar-refractivity contribution in [3.05, 3.63) is 29.3 Å². The van der Waals surface area contributed by atoms with Crippen LogP contribution < -0.4 is 11.1 Å². The second kappa shape index (κ2) is 5.93. The van der Waals surface area contributed by atoms with Gasteiger partial charge in [0.05, 0.1) is 11.7 Å². The molecule has 21 heavy (non-hydrogen) atoms. The predicted octanol–water partition coefficient (Wildman–Crippen LogP) is 2.58. The highest BCUT2D eigenvalue weighted by Crippen LogP contribution is 2.34. The van der Waals surface area contributed by atoms with Gasteiger partial charge in [0.1, 0.15) is 0 Å². The van der Waals surface area contributed by atoms with Crippen LogP contribution >= 0.6 is 0 Å². The molecule has 4 nitrogen and oxygen atoms in total. The number of hydrogen-bond acceptors (Lipinski definition) is 3. The average Bonchev–Trinajstić information content (AvgIpc) is 2.37. The summed E-state index contributed by atoms with van der Waals surface area (Å²) in [5, 5.41) is 2.74. The molecule has 116 valence electrons. The zero-order valence-corrected chi connectivity index (χ0v) is 11.5. The van der Waals surface area contributed by atoms with E-state index in [0.29, 0.717) is 19.4 Å². The van der Waals surface area contributed by atoms with E-state index in [1.54, 1.807) is 0 Å². The van der Waals surface area contributed by atoms with Crippen molar-refractivity contribution in [2.75, 3.05) is 12.3 Å². The lowest BCUT2D eigenvalue weighted by atomic mass is 10.0. The van der Waals surface area contributed by atoms with Gasteiger partial charge >= 0.3 is 6.18 Å². The number of nitrogens with one attached hydrogen (secondary N) is 1. The summed E-state index contributed by atoms with van der Waals surface area (Å²) in [6.07, 6.45) is -3.25. The minimum Gasteiger partial charge on any atom is -0.398 e. The Morgan fingerprint density at radius 2 is 2.14 bits per heavy atom. The summed E-state index contributed by atoms with van der Waals surface area (Å²) in [6, 6.07) is 3.09. The summed E-state index contributed by atoms with van der Waals surface area (Å²) < 4.78 is 43.7. The monoisotopic (exact) mass is 302 g/mol. The maximum atomic E-state index is 12.8. The Bertz CT molecular complexity index is 531. The van der Waals surface area contributed by atoms with Gasteiger partial charge in [0.2, 0.25) is 0 Å². The largest absolute Gasteiger partial charge is 0.418 e. The van der Waals surface area contributed by atoms with Crippen molar-refractivity contribution in [1.82, 2.24) is 5.32 Å². The number of rotatable bonds is 2. The predicted molar refractivity (Wildman–Crippen MR) is 71.8 cm³/mol. The molecule has 1 aliphatic heterocycles. The van der Waals surface area contributed by atoms with E-state index in [9.17, 15) is 18.0 Å². The molecule has 1 saturated heterocycles. The van der Waals surface area contributed by atoms with Gasteiger partial charge in [-0.25, -0.2) is 0 Å². The fourth-order valence-electron chi connectivity index (χ4n) is 2.34. The Kier molecular flexibility index (Phi) is 4.41. The van der Waals surface area contributed by atoms with E-state index in [4.69, 9.17) is 10.5 Å². The molecular formula is C14H17F3N2O2. The number of hydrogen-bond donors (Lipinski definition) is 2. The summed E-state index contributed by atoms with van der Waals surface area (Å²) >= 11 is 0. The average molecular weight is 302 g/mol. The maximum absolute atomic E-state index is 12.8. The van der Waals surface area contributed by atoms with Gasteiger partial charge < -0.3 is 15.8 Å². The van der Waals surface area contributed by atoms with E-state index in [2.05, 4.69) is 5.32 Å². The quantitative estimate of drug-likeness (QED) is 0.825. The van der Waals surface area contributed by atoms with E-state index < -0.39 is 23.3 Å². The first-order valence-electron chi connectivity index (χ1n) is 6.66. The smallest absolute Gasteiger partial charge is 0.398 e. The second-order valence-corrected chi connectivity index (χ2v) is 5.18. The highest BCUT2D eigenvalue weighted by Gasteiger charge is 2.33. The van der Waals surface area contributed by atoms with Crippen molar-refractivity contribution >= 4 is 11.6 Å².